The molecule has 20 heavy (non-hydrogen) atoms. The summed E-state index contributed by atoms with van der Waals surface area (Å²) in [4.78, 5) is 16.3. The number of amides is 1. The Kier molecular flexibility index (Phi) is 3.71. The SMILES string of the molecule is C=CC(=O)N1Cc2sc(Cl)cc2[C@@H](c2ccsc2C)C1. The largest absolute Gasteiger partial charge is 0.333 e. The maximum atomic E-state index is 12.0. The predicted molar refractivity (Wildman–Crippen MR) is 85.8 cm³/mol. The molecule has 0 spiro atoms. The number of aryl methyl sites for hydroxylation is 1. The Morgan fingerprint density at radius 3 is 3.00 bits per heavy atom. The standard InChI is InChI=1S/C15H14ClNOS2/c1-3-15(18)17-7-12(10-4-5-19-9(10)2)11-6-14(16)20-13(11)8-17/h3-6,12H,1,7-8H2,2H3/t12-/m1/s1. The molecule has 0 aromatic carbocycles. The third kappa shape index (κ3) is 2.32. The fourth-order valence-corrected chi connectivity index (χ4v) is 4.83. The molecule has 0 saturated carbocycles. The maximum Gasteiger partial charge on any atom is 0.246 e. The summed E-state index contributed by atoms with van der Waals surface area (Å²) >= 11 is 9.49. The molecule has 1 aliphatic heterocycles. The normalized spacial score (nSPS) is 17.9. The number of fused-ring (bicyclic) bond motifs is 1. The van der Waals surface area contributed by atoms with Gasteiger partial charge in [-0.15, -0.1) is 22.7 Å². The predicted octanol–water partition coefficient (Wildman–Crippen LogP) is 4.43. The Balaban J connectivity index is 2.06. The van der Waals surface area contributed by atoms with Crippen LogP contribution in [0.25, 0.3) is 0 Å². The summed E-state index contributed by atoms with van der Waals surface area (Å²) < 4.78 is 0.792. The lowest BCUT2D eigenvalue weighted by Gasteiger charge is -2.32. The van der Waals surface area contributed by atoms with Gasteiger partial charge in [0.1, 0.15) is 0 Å². The Morgan fingerprint density at radius 1 is 1.55 bits per heavy atom. The molecule has 3 rings (SSSR count). The molecule has 104 valence electrons. The number of carbonyl (C=O) groups is 1. The molecule has 0 N–H and O–H groups in total. The van der Waals surface area contributed by atoms with Gasteiger partial charge < -0.3 is 4.90 Å². The van der Waals surface area contributed by atoms with E-state index < -0.39 is 0 Å². The number of halogens is 1. The number of hydrogen-bond donors (Lipinski definition) is 0. The van der Waals surface area contributed by atoms with Gasteiger partial charge in [0.15, 0.2) is 0 Å². The topological polar surface area (TPSA) is 20.3 Å². The third-order valence-corrected chi connectivity index (χ3v) is 5.81. The van der Waals surface area contributed by atoms with E-state index in [9.17, 15) is 4.79 Å². The molecule has 0 bridgehead atoms. The Hall–Kier alpha value is -1.10. The Bertz CT molecular complexity index is 673. The van der Waals surface area contributed by atoms with Gasteiger partial charge in [-0.3, -0.25) is 4.79 Å². The van der Waals surface area contributed by atoms with Gasteiger partial charge in [-0.1, -0.05) is 18.2 Å². The van der Waals surface area contributed by atoms with E-state index in [1.54, 1.807) is 22.7 Å². The Morgan fingerprint density at radius 2 is 2.35 bits per heavy atom. The smallest absolute Gasteiger partial charge is 0.246 e. The third-order valence-electron chi connectivity index (χ3n) is 3.69. The second-order valence-corrected chi connectivity index (χ2v) is 7.72. The molecular formula is C15H14ClNOS2. The van der Waals surface area contributed by atoms with Gasteiger partial charge in [-0.2, -0.15) is 0 Å². The molecule has 1 atom stereocenters. The second kappa shape index (κ2) is 5.35. The zero-order chi connectivity index (χ0) is 14.3. The zero-order valence-corrected chi connectivity index (χ0v) is 13.4. The lowest BCUT2D eigenvalue weighted by Crippen LogP contribution is -2.36. The van der Waals surface area contributed by atoms with Crippen molar-refractivity contribution in [3.8, 4) is 0 Å². The van der Waals surface area contributed by atoms with Gasteiger partial charge in [0.05, 0.1) is 10.9 Å². The number of nitrogens with zero attached hydrogens (tertiary/aromatic N) is 1. The van der Waals surface area contributed by atoms with Crippen LogP contribution in [0.1, 0.15) is 26.8 Å². The van der Waals surface area contributed by atoms with Gasteiger partial charge >= 0.3 is 0 Å². The summed E-state index contributed by atoms with van der Waals surface area (Å²) in [5, 5.41) is 2.10. The highest BCUT2D eigenvalue weighted by atomic mass is 35.5. The van der Waals surface area contributed by atoms with Crippen molar-refractivity contribution >= 4 is 40.2 Å². The molecule has 2 aromatic rings. The molecule has 0 radical (unpaired) electrons. The highest BCUT2D eigenvalue weighted by molar-refractivity contribution is 7.16. The maximum absolute atomic E-state index is 12.0. The van der Waals surface area contributed by atoms with Crippen molar-refractivity contribution in [3.63, 3.8) is 0 Å². The van der Waals surface area contributed by atoms with Crippen molar-refractivity contribution in [3.05, 3.63) is 55.4 Å². The number of thiophene rings is 2. The van der Waals surface area contributed by atoms with Crippen molar-refractivity contribution in [2.45, 2.75) is 19.4 Å². The summed E-state index contributed by atoms with van der Waals surface area (Å²) in [5.41, 5.74) is 2.57. The fourth-order valence-electron chi connectivity index (χ4n) is 2.70. The lowest BCUT2D eigenvalue weighted by molar-refractivity contribution is -0.127. The minimum absolute atomic E-state index is 0.0157. The summed E-state index contributed by atoms with van der Waals surface area (Å²) in [6.07, 6.45) is 1.39. The minimum Gasteiger partial charge on any atom is -0.333 e. The van der Waals surface area contributed by atoms with Crippen LogP contribution < -0.4 is 0 Å². The molecule has 0 fully saturated rings. The fraction of sp³-hybridized carbons (Fsp3) is 0.267. The van der Waals surface area contributed by atoms with Crippen molar-refractivity contribution in [1.82, 2.24) is 4.90 Å². The van der Waals surface area contributed by atoms with E-state index in [0.29, 0.717) is 13.1 Å². The molecule has 1 aliphatic rings. The molecule has 3 heterocycles. The molecule has 0 unspecified atom stereocenters. The van der Waals surface area contributed by atoms with Crippen molar-refractivity contribution in [2.24, 2.45) is 0 Å². The van der Waals surface area contributed by atoms with Crippen LogP contribution >= 0.6 is 34.3 Å². The van der Waals surface area contributed by atoms with E-state index in [0.717, 1.165) is 4.34 Å². The lowest BCUT2D eigenvalue weighted by atomic mass is 9.89. The average Bonchev–Trinajstić information content (AvgIpc) is 3.01. The second-order valence-electron chi connectivity index (χ2n) is 4.84. The van der Waals surface area contributed by atoms with Crippen LogP contribution in [-0.4, -0.2) is 17.4 Å². The number of carbonyl (C=O) groups excluding carboxylic acids is 1. The van der Waals surface area contributed by atoms with Gasteiger partial charge in [0.2, 0.25) is 5.91 Å². The summed E-state index contributed by atoms with van der Waals surface area (Å²) in [6, 6.07) is 4.21. The summed E-state index contributed by atoms with van der Waals surface area (Å²) in [6.45, 7) is 7.05. The molecule has 0 saturated heterocycles. The van der Waals surface area contributed by atoms with Crippen LogP contribution in [0, 0.1) is 6.92 Å². The molecular weight excluding hydrogens is 310 g/mol. The van der Waals surface area contributed by atoms with Crippen LogP contribution in [-0.2, 0) is 11.3 Å². The highest BCUT2D eigenvalue weighted by Crippen LogP contribution is 2.41. The highest BCUT2D eigenvalue weighted by Gasteiger charge is 2.31. The van der Waals surface area contributed by atoms with Gasteiger partial charge in [0.25, 0.3) is 0 Å². The van der Waals surface area contributed by atoms with E-state index >= 15 is 0 Å². The van der Waals surface area contributed by atoms with Crippen LogP contribution in [0.15, 0.2) is 30.2 Å². The first-order valence-corrected chi connectivity index (χ1v) is 8.41. The van der Waals surface area contributed by atoms with E-state index in [1.165, 1.54) is 27.0 Å². The van der Waals surface area contributed by atoms with Gasteiger partial charge in [-0.05, 0) is 41.6 Å². The minimum atomic E-state index is -0.0157. The Labute approximate surface area is 131 Å². The van der Waals surface area contributed by atoms with E-state index in [-0.39, 0.29) is 11.8 Å². The first-order valence-electron chi connectivity index (χ1n) is 6.33. The van der Waals surface area contributed by atoms with Crippen LogP contribution in [0.2, 0.25) is 4.34 Å². The molecule has 1 amide bonds. The molecule has 2 aromatic heterocycles. The van der Waals surface area contributed by atoms with E-state index in [4.69, 9.17) is 11.6 Å². The van der Waals surface area contributed by atoms with Crippen LogP contribution in [0.5, 0.6) is 0 Å². The molecule has 0 aliphatic carbocycles. The van der Waals surface area contributed by atoms with Crippen molar-refractivity contribution in [1.29, 1.82) is 0 Å². The number of hydrogen-bond acceptors (Lipinski definition) is 3. The van der Waals surface area contributed by atoms with Crippen molar-refractivity contribution < 1.29 is 4.79 Å². The summed E-state index contributed by atoms with van der Waals surface area (Å²) in [5.74, 6) is 0.204. The van der Waals surface area contributed by atoms with Crippen LogP contribution in [0.4, 0.5) is 0 Å². The molecule has 2 nitrogen and oxygen atoms in total. The first-order chi connectivity index (χ1) is 9.60. The average molecular weight is 324 g/mol. The summed E-state index contributed by atoms with van der Waals surface area (Å²) in [7, 11) is 0. The van der Waals surface area contributed by atoms with E-state index in [2.05, 4.69) is 31.0 Å². The quantitative estimate of drug-likeness (QED) is 0.749. The van der Waals surface area contributed by atoms with Gasteiger partial charge in [0, 0.05) is 22.2 Å². The van der Waals surface area contributed by atoms with Crippen LogP contribution in [0.3, 0.4) is 0 Å². The monoisotopic (exact) mass is 323 g/mol. The van der Waals surface area contributed by atoms with Crippen molar-refractivity contribution in [2.75, 3.05) is 6.54 Å². The van der Waals surface area contributed by atoms with Gasteiger partial charge in [-0.25, -0.2) is 0 Å². The van der Waals surface area contributed by atoms with E-state index in [1.807, 2.05) is 4.90 Å². The molecule has 5 heteroatoms. The number of rotatable bonds is 2. The first kappa shape index (κ1) is 13.9. The zero-order valence-electron chi connectivity index (χ0n) is 11.1.